The van der Waals surface area contributed by atoms with Crippen molar-refractivity contribution in [2.45, 2.75) is 73.4 Å². The fourth-order valence-electron chi connectivity index (χ4n) is 4.01. The van der Waals surface area contributed by atoms with Gasteiger partial charge in [-0.15, -0.1) is 0 Å². The summed E-state index contributed by atoms with van der Waals surface area (Å²) in [5.41, 5.74) is 3.85. The van der Waals surface area contributed by atoms with Crippen molar-refractivity contribution in [3.8, 4) is 0 Å². The van der Waals surface area contributed by atoms with Crippen molar-refractivity contribution in [3.05, 3.63) is 22.5 Å². The molecule has 5 nitrogen and oxygen atoms in total. The van der Waals surface area contributed by atoms with Gasteiger partial charge < -0.3 is 14.6 Å². The zero-order chi connectivity index (χ0) is 19.6. The third kappa shape index (κ3) is 4.56. The Kier molecular flexibility index (Phi) is 6.33. The van der Waals surface area contributed by atoms with E-state index >= 15 is 0 Å². The number of ketones is 1. The molecule has 1 aliphatic rings. The van der Waals surface area contributed by atoms with Gasteiger partial charge in [-0.3, -0.25) is 9.59 Å². The first kappa shape index (κ1) is 20.7. The molecular weight excluding hydrogens is 328 g/mol. The molecule has 0 bridgehead atoms. The first-order chi connectivity index (χ1) is 12.1. The van der Waals surface area contributed by atoms with Crippen molar-refractivity contribution in [3.63, 3.8) is 0 Å². The number of ether oxygens (including phenoxy) is 1. The number of rotatable bonds is 7. The van der Waals surface area contributed by atoms with E-state index in [0.29, 0.717) is 18.9 Å². The summed E-state index contributed by atoms with van der Waals surface area (Å²) in [7, 11) is 1.62. The maximum absolute atomic E-state index is 12.9. The van der Waals surface area contributed by atoms with Crippen LogP contribution in [0, 0.1) is 18.3 Å². The number of methoxy groups -OCH3 is 1. The number of fused-ring (bicyclic) bond motifs is 1. The molecule has 0 saturated heterocycles. The van der Waals surface area contributed by atoms with E-state index in [-0.39, 0.29) is 29.6 Å². The fraction of sp³-hybridized carbons (Fsp3) is 0.714. The van der Waals surface area contributed by atoms with Crippen LogP contribution in [0.1, 0.15) is 68.3 Å². The topological polar surface area (TPSA) is 60.3 Å². The Balaban J connectivity index is 2.39. The first-order valence-electron chi connectivity index (χ1n) is 9.58. The van der Waals surface area contributed by atoms with Gasteiger partial charge in [0.1, 0.15) is 0 Å². The van der Waals surface area contributed by atoms with Crippen LogP contribution in [0.2, 0.25) is 0 Å². The molecule has 0 aliphatic heterocycles. The quantitative estimate of drug-likeness (QED) is 0.809. The third-order valence-corrected chi connectivity index (χ3v) is 5.03. The van der Waals surface area contributed by atoms with Gasteiger partial charge in [0.15, 0.2) is 5.78 Å². The second-order valence-electron chi connectivity index (χ2n) is 8.93. The van der Waals surface area contributed by atoms with Gasteiger partial charge in [0.05, 0.1) is 13.0 Å². The lowest BCUT2D eigenvalue weighted by atomic mass is 9.75. The Bertz CT molecular complexity index is 686. The highest BCUT2D eigenvalue weighted by atomic mass is 16.5. The van der Waals surface area contributed by atoms with Gasteiger partial charge >= 0.3 is 0 Å². The summed E-state index contributed by atoms with van der Waals surface area (Å²) in [6.45, 7) is 14.0. The molecule has 146 valence electrons. The number of Topliss-reactive ketones (excluding diaryl/α,β-unsaturated/α-hetero) is 1. The summed E-state index contributed by atoms with van der Waals surface area (Å²) < 4.78 is 7.36. The van der Waals surface area contributed by atoms with E-state index in [1.165, 1.54) is 0 Å². The molecule has 0 aromatic carbocycles. The van der Waals surface area contributed by atoms with Gasteiger partial charge in [-0.05, 0) is 37.2 Å². The molecule has 1 amide bonds. The van der Waals surface area contributed by atoms with E-state index in [2.05, 4.69) is 37.6 Å². The summed E-state index contributed by atoms with van der Waals surface area (Å²) in [6, 6.07) is -0.0454. The van der Waals surface area contributed by atoms with Crippen LogP contribution in [0.15, 0.2) is 0 Å². The molecule has 5 heteroatoms. The Morgan fingerprint density at radius 2 is 1.92 bits per heavy atom. The molecule has 1 atom stereocenters. The van der Waals surface area contributed by atoms with E-state index in [1.807, 2.05) is 13.8 Å². The lowest BCUT2D eigenvalue weighted by molar-refractivity contribution is -0.121. The molecule has 2 rings (SSSR count). The summed E-state index contributed by atoms with van der Waals surface area (Å²) >= 11 is 0. The minimum Gasteiger partial charge on any atom is -0.383 e. The Labute approximate surface area is 157 Å². The average Bonchev–Trinajstić information content (AvgIpc) is 2.71. The Hall–Kier alpha value is -1.62. The molecular formula is C21H34N2O3. The van der Waals surface area contributed by atoms with Gasteiger partial charge in [-0.25, -0.2) is 0 Å². The van der Waals surface area contributed by atoms with E-state index < -0.39 is 0 Å². The number of aromatic nitrogens is 1. The molecule has 26 heavy (non-hydrogen) atoms. The lowest BCUT2D eigenvalue weighted by Crippen LogP contribution is -2.37. The van der Waals surface area contributed by atoms with Crippen LogP contribution >= 0.6 is 0 Å². The predicted molar refractivity (Wildman–Crippen MR) is 104 cm³/mol. The molecule has 1 N–H and O–H groups in total. The average molecular weight is 363 g/mol. The minimum atomic E-state index is -0.0558. The molecule has 1 unspecified atom stereocenters. The van der Waals surface area contributed by atoms with Gasteiger partial charge in [0, 0.05) is 43.1 Å². The lowest BCUT2D eigenvalue weighted by Gasteiger charge is -2.30. The molecule has 0 radical (unpaired) electrons. The largest absolute Gasteiger partial charge is 0.383 e. The second-order valence-corrected chi connectivity index (χ2v) is 8.93. The van der Waals surface area contributed by atoms with E-state index in [1.54, 1.807) is 7.11 Å². The van der Waals surface area contributed by atoms with Crippen LogP contribution < -0.4 is 5.32 Å². The highest BCUT2D eigenvalue weighted by molar-refractivity contribution is 6.01. The second kappa shape index (κ2) is 7.95. The van der Waals surface area contributed by atoms with Crippen LogP contribution in [0.3, 0.4) is 0 Å². The predicted octanol–water partition coefficient (Wildman–Crippen LogP) is 3.30. The number of carbonyl (C=O) groups excluding carboxylic acids is 2. The number of amides is 1. The maximum Gasteiger partial charge on any atom is 0.224 e. The Morgan fingerprint density at radius 1 is 1.27 bits per heavy atom. The zero-order valence-electron chi connectivity index (χ0n) is 17.4. The van der Waals surface area contributed by atoms with Crippen molar-refractivity contribution in [2.24, 2.45) is 11.3 Å². The first-order valence-corrected chi connectivity index (χ1v) is 9.58. The van der Waals surface area contributed by atoms with Crippen molar-refractivity contribution in [1.29, 1.82) is 0 Å². The SMILES string of the molecule is COCC(C)NC(=O)Cc1c2c(n(CC(C)C)c1C)CC(C)(C)CC2=O. The molecule has 1 aromatic rings. The van der Waals surface area contributed by atoms with E-state index in [9.17, 15) is 9.59 Å². The normalized spacial score (nSPS) is 17.3. The van der Waals surface area contributed by atoms with Crippen molar-refractivity contribution < 1.29 is 14.3 Å². The molecule has 0 saturated carbocycles. The van der Waals surface area contributed by atoms with Crippen LogP contribution in [-0.2, 0) is 28.9 Å². The molecule has 0 spiro atoms. The number of nitrogens with one attached hydrogen (secondary N) is 1. The summed E-state index contributed by atoms with van der Waals surface area (Å²) in [5.74, 6) is 0.600. The molecule has 1 aliphatic carbocycles. The van der Waals surface area contributed by atoms with Crippen molar-refractivity contribution in [2.75, 3.05) is 13.7 Å². The van der Waals surface area contributed by atoms with Crippen LogP contribution in [-0.4, -0.2) is 36.0 Å². The highest BCUT2D eigenvalue weighted by Gasteiger charge is 2.37. The summed E-state index contributed by atoms with van der Waals surface area (Å²) in [4.78, 5) is 25.4. The summed E-state index contributed by atoms with van der Waals surface area (Å²) in [6.07, 6.45) is 1.67. The van der Waals surface area contributed by atoms with Gasteiger partial charge in [0.2, 0.25) is 5.91 Å². The highest BCUT2D eigenvalue weighted by Crippen LogP contribution is 2.39. The summed E-state index contributed by atoms with van der Waals surface area (Å²) in [5, 5.41) is 2.96. The number of nitrogens with zero attached hydrogens (tertiary/aromatic N) is 1. The van der Waals surface area contributed by atoms with E-state index in [4.69, 9.17) is 4.74 Å². The van der Waals surface area contributed by atoms with Crippen LogP contribution in [0.5, 0.6) is 0 Å². The molecule has 1 heterocycles. The third-order valence-electron chi connectivity index (χ3n) is 5.03. The Morgan fingerprint density at radius 3 is 2.50 bits per heavy atom. The van der Waals surface area contributed by atoms with E-state index in [0.717, 1.165) is 35.5 Å². The standard InChI is InChI=1S/C21H34N2O3/c1-13(2)11-23-15(4)16(8-19(25)22-14(3)12-26-7)20-17(23)9-21(5,6)10-18(20)24/h13-14H,8-12H2,1-7H3,(H,22,25). The van der Waals surface area contributed by atoms with Gasteiger partial charge in [-0.2, -0.15) is 0 Å². The smallest absolute Gasteiger partial charge is 0.224 e. The van der Waals surface area contributed by atoms with Crippen LogP contribution in [0.4, 0.5) is 0 Å². The fourth-order valence-corrected chi connectivity index (χ4v) is 4.01. The number of hydrogen-bond acceptors (Lipinski definition) is 3. The van der Waals surface area contributed by atoms with Crippen molar-refractivity contribution in [1.82, 2.24) is 9.88 Å². The van der Waals surface area contributed by atoms with Crippen molar-refractivity contribution >= 4 is 11.7 Å². The van der Waals surface area contributed by atoms with Gasteiger partial charge in [-0.1, -0.05) is 27.7 Å². The monoisotopic (exact) mass is 362 g/mol. The minimum absolute atomic E-state index is 0.0316. The maximum atomic E-state index is 12.9. The molecule has 1 aromatic heterocycles. The number of carbonyl (C=O) groups is 2. The molecule has 0 fully saturated rings. The zero-order valence-corrected chi connectivity index (χ0v) is 17.4. The van der Waals surface area contributed by atoms with Gasteiger partial charge in [0.25, 0.3) is 0 Å². The van der Waals surface area contributed by atoms with Crippen LogP contribution in [0.25, 0.3) is 0 Å². The number of hydrogen-bond donors (Lipinski definition) is 1.